The molecule has 0 unspecified atom stereocenters. The number of nitrogens with zero attached hydrogens (tertiary/aromatic N) is 1. The third-order valence-electron chi connectivity index (χ3n) is 3.95. The minimum Gasteiger partial charge on any atom is -0.491 e. The Hall–Kier alpha value is -3.08. The zero-order valence-electron chi connectivity index (χ0n) is 12.9. The minimum atomic E-state index is -0.116. The van der Waals surface area contributed by atoms with Crippen LogP contribution in [0.15, 0.2) is 65.3 Å². The van der Waals surface area contributed by atoms with Crippen LogP contribution in [-0.2, 0) is 11.2 Å². The van der Waals surface area contributed by atoms with Crippen LogP contribution < -0.4 is 10.1 Å². The van der Waals surface area contributed by atoms with Crippen LogP contribution in [0.5, 0.6) is 5.75 Å². The molecule has 5 heteroatoms. The summed E-state index contributed by atoms with van der Waals surface area (Å²) >= 11 is 0. The number of aromatic nitrogens is 1. The van der Waals surface area contributed by atoms with Gasteiger partial charge in [-0.2, -0.15) is 0 Å². The highest BCUT2D eigenvalue weighted by atomic mass is 16.5. The van der Waals surface area contributed by atoms with Crippen LogP contribution >= 0.6 is 0 Å². The molecule has 1 aliphatic heterocycles. The molecule has 2 aromatic carbocycles. The Balaban J connectivity index is 1.42. The largest absolute Gasteiger partial charge is 0.491 e. The lowest BCUT2D eigenvalue weighted by Crippen LogP contribution is -2.30. The van der Waals surface area contributed by atoms with Crippen LogP contribution in [-0.4, -0.2) is 17.5 Å². The summed E-state index contributed by atoms with van der Waals surface area (Å²) in [5.41, 5.74) is 2.51. The molecule has 0 saturated heterocycles. The van der Waals surface area contributed by atoms with Crippen molar-refractivity contribution in [2.75, 3.05) is 6.61 Å². The Bertz CT molecular complexity index is 858. The number of para-hydroxylation sites is 1. The highest BCUT2D eigenvalue weighted by molar-refractivity contribution is 5.79. The van der Waals surface area contributed by atoms with Gasteiger partial charge in [0.25, 0.3) is 0 Å². The highest BCUT2D eigenvalue weighted by Crippen LogP contribution is 2.31. The fraction of sp³-hybridized carbons (Fsp3) is 0.158. The van der Waals surface area contributed by atoms with Crippen molar-refractivity contribution in [3.63, 3.8) is 0 Å². The molecule has 0 aliphatic carbocycles. The second-order valence-corrected chi connectivity index (χ2v) is 5.66. The summed E-state index contributed by atoms with van der Waals surface area (Å²) in [5, 5.41) is 2.99. The van der Waals surface area contributed by atoms with Gasteiger partial charge in [-0.25, -0.2) is 4.98 Å². The van der Waals surface area contributed by atoms with Crippen molar-refractivity contribution < 1.29 is 13.9 Å². The van der Waals surface area contributed by atoms with E-state index in [1.807, 2.05) is 54.6 Å². The summed E-state index contributed by atoms with van der Waals surface area (Å²) in [6.45, 7) is 0.458. The molecule has 0 bridgehead atoms. The van der Waals surface area contributed by atoms with E-state index in [4.69, 9.17) is 9.15 Å². The highest BCUT2D eigenvalue weighted by Gasteiger charge is 2.25. The zero-order valence-corrected chi connectivity index (χ0v) is 12.9. The molecule has 120 valence electrons. The van der Waals surface area contributed by atoms with Crippen molar-refractivity contribution >= 4 is 5.91 Å². The SMILES string of the molecule is O=C(Cc1coc(-c2ccccc2)n1)N[C@H]1COc2ccccc21. The second-order valence-electron chi connectivity index (χ2n) is 5.66. The van der Waals surface area contributed by atoms with Crippen molar-refractivity contribution in [2.24, 2.45) is 0 Å². The number of ether oxygens (including phenoxy) is 1. The summed E-state index contributed by atoms with van der Waals surface area (Å²) in [6, 6.07) is 17.2. The number of carbonyl (C=O) groups is 1. The molecule has 1 amide bonds. The predicted molar refractivity (Wildman–Crippen MR) is 88.5 cm³/mol. The van der Waals surface area contributed by atoms with Gasteiger partial charge in [0.05, 0.1) is 18.2 Å². The number of nitrogens with one attached hydrogen (secondary N) is 1. The van der Waals surface area contributed by atoms with Gasteiger partial charge in [0.1, 0.15) is 18.6 Å². The van der Waals surface area contributed by atoms with Crippen LogP contribution in [0.3, 0.4) is 0 Å². The second kappa shape index (κ2) is 6.20. The van der Waals surface area contributed by atoms with E-state index >= 15 is 0 Å². The molecule has 3 aromatic rings. The Morgan fingerprint density at radius 2 is 1.92 bits per heavy atom. The van der Waals surface area contributed by atoms with Crippen molar-refractivity contribution in [1.29, 1.82) is 0 Å². The van der Waals surface area contributed by atoms with E-state index in [0.29, 0.717) is 18.2 Å². The number of rotatable bonds is 4. The first-order valence-corrected chi connectivity index (χ1v) is 7.80. The topological polar surface area (TPSA) is 64.4 Å². The van der Waals surface area contributed by atoms with Gasteiger partial charge in [-0.15, -0.1) is 0 Å². The molecule has 1 atom stereocenters. The summed E-state index contributed by atoms with van der Waals surface area (Å²) in [6.07, 6.45) is 1.70. The summed E-state index contributed by atoms with van der Waals surface area (Å²) < 4.78 is 11.0. The molecule has 0 radical (unpaired) electrons. The van der Waals surface area contributed by atoms with Crippen molar-refractivity contribution in [2.45, 2.75) is 12.5 Å². The normalized spacial score (nSPS) is 15.6. The lowest BCUT2D eigenvalue weighted by atomic mass is 10.1. The average molecular weight is 320 g/mol. The fourth-order valence-electron chi connectivity index (χ4n) is 2.79. The first kappa shape index (κ1) is 14.5. The van der Waals surface area contributed by atoms with E-state index < -0.39 is 0 Å². The molecule has 24 heavy (non-hydrogen) atoms. The molecule has 2 heterocycles. The van der Waals surface area contributed by atoms with Gasteiger partial charge in [0, 0.05) is 11.1 Å². The van der Waals surface area contributed by atoms with Crippen molar-refractivity contribution in [1.82, 2.24) is 10.3 Å². The van der Waals surface area contributed by atoms with Gasteiger partial charge in [-0.3, -0.25) is 4.79 Å². The molecular weight excluding hydrogens is 304 g/mol. The Morgan fingerprint density at radius 3 is 2.79 bits per heavy atom. The Morgan fingerprint density at radius 1 is 1.12 bits per heavy atom. The number of fused-ring (bicyclic) bond motifs is 1. The number of amides is 1. The fourth-order valence-corrected chi connectivity index (χ4v) is 2.79. The molecular formula is C19H16N2O3. The molecule has 1 aromatic heterocycles. The van der Waals surface area contributed by atoms with Crippen LogP contribution in [0.1, 0.15) is 17.3 Å². The van der Waals surface area contributed by atoms with Crippen LogP contribution in [0.4, 0.5) is 0 Å². The van der Waals surface area contributed by atoms with E-state index in [1.54, 1.807) is 0 Å². The first-order chi connectivity index (χ1) is 11.8. The van der Waals surface area contributed by atoms with Gasteiger partial charge < -0.3 is 14.5 Å². The van der Waals surface area contributed by atoms with Gasteiger partial charge in [0.15, 0.2) is 0 Å². The zero-order chi connectivity index (χ0) is 16.4. The summed E-state index contributed by atoms with van der Waals surface area (Å²) in [4.78, 5) is 16.7. The minimum absolute atomic E-state index is 0.104. The third kappa shape index (κ3) is 2.88. The lowest BCUT2D eigenvalue weighted by Gasteiger charge is -2.10. The number of benzene rings is 2. The third-order valence-corrected chi connectivity index (χ3v) is 3.95. The smallest absolute Gasteiger partial charge is 0.226 e. The number of carbonyl (C=O) groups excluding carboxylic acids is 1. The first-order valence-electron chi connectivity index (χ1n) is 7.80. The van der Waals surface area contributed by atoms with E-state index in [0.717, 1.165) is 16.9 Å². The summed E-state index contributed by atoms with van der Waals surface area (Å²) in [5.74, 6) is 1.25. The maximum absolute atomic E-state index is 12.3. The van der Waals surface area contributed by atoms with Gasteiger partial charge >= 0.3 is 0 Å². The van der Waals surface area contributed by atoms with Crippen molar-refractivity contribution in [3.8, 4) is 17.2 Å². The number of hydrogen-bond acceptors (Lipinski definition) is 4. The summed E-state index contributed by atoms with van der Waals surface area (Å²) in [7, 11) is 0. The predicted octanol–water partition coefficient (Wildman–Crippen LogP) is 3.13. The van der Waals surface area contributed by atoms with E-state index in [9.17, 15) is 4.79 Å². The van der Waals surface area contributed by atoms with Crippen LogP contribution in [0.25, 0.3) is 11.5 Å². The van der Waals surface area contributed by atoms with Gasteiger partial charge in [-0.1, -0.05) is 36.4 Å². The van der Waals surface area contributed by atoms with Crippen LogP contribution in [0.2, 0.25) is 0 Å². The molecule has 0 spiro atoms. The molecule has 0 fully saturated rings. The van der Waals surface area contributed by atoms with Crippen LogP contribution in [0, 0.1) is 0 Å². The molecule has 0 saturated carbocycles. The molecule has 4 rings (SSSR count). The quantitative estimate of drug-likeness (QED) is 0.802. The monoisotopic (exact) mass is 320 g/mol. The standard InChI is InChI=1S/C19H16N2O3/c22-18(21-16-12-23-17-9-5-4-8-15(16)17)10-14-11-24-19(20-14)13-6-2-1-3-7-13/h1-9,11,16H,10,12H2,(H,21,22)/t16-/m0/s1. The number of oxazole rings is 1. The Labute approximate surface area is 139 Å². The van der Waals surface area contributed by atoms with E-state index in [2.05, 4.69) is 10.3 Å². The maximum Gasteiger partial charge on any atom is 0.226 e. The Kier molecular flexibility index (Phi) is 3.75. The number of hydrogen-bond donors (Lipinski definition) is 1. The molecule has 1 aliphatic rings. The molecule has 1 N–H and O–H groups in total. The van der Waals surface area contributed by atoms with Gasteiger partial charge in [0.2, 0.25) is 11.8 Å². The van der Waals surface area contributed by atoms with Crippen molar-refractivity contribution in [3.05, 3.63) is 72.1 Å². The van der Waals surface area contributed by atoms with E-state index in [-0.39, 0.29) is 18.4 Å². The van der Waals surface area contributed by atoms with E-state index in [1.165, 1.54) is 6.26 Å². The lowest BCUT2D eigenvalue weighted by molar-refractivity contribution is -0.121. The molecule has 5 nitrogen and oxygen atoms in total. The average Bonchev–Trinajstić information content (AvgIpc) is 3.23. The van der Waals surface area contributed by atoms with Gasteiger partial charge in [-0.05, 0) is 18.2 Å². The maximum atomic E-state index is 12.3.